The van der Waals surface area contributed by atoms with Crippen molar-refractivity contribution in [3.63, 3.8) is 0 Å². The van der Waals surface area contributed by atoms with E-state index >= 15 is 0 Å². The van der Waals surface area contributed by atoms with E-state index in [9.17, 15) is 9.59 Å². The molecule has 0 fully saturated rings. The molecule has 0 saturated heterocycles. The number of benzene rings is 1. The minimum absolute atomic E-state index is 0.0996. The van der Waals surface area contributed by atoms with Gasteiger partial charge in [-0.15, -0.1) is 10.2 Å². The van der Waals surface area contributed by atoms with E-state index in [1.165, 1.54) is 24.4 Å². The molecule has 2 amide bonds. The molecular formula is C25H21ClN6O5S. The van der Waals surface area contributed by atoms with Gasteiger partial charge in [-0.05, 0) is 31.2 Å². The van der Waals surface area contributed by atoms with Crippen LogP contribution < -0.4 is 24.4 Å². The number of anilines is 2. The Balaban J connectivity index is 1.37. The van der Waals surface area contributed by atoms with Crippen molar-refractivity contribution in [3.05, 3.63) is 64.1 Å². The van der Waals surface area contributed by atoms with Crippen LogP contribution in [0.25, 0.3) is 11.1 Å². The highest BCUT2D eigenvalue weighted by atomic mass is 35.5. The van der Waals surface area contributed by atoms with Crippen LogP contribution in [0.2, 0.25) is 5.15 Å². The predicted molar refractivity (Wildman–Crippen MR) is 142 cm³/mol. The minimum Gasteiger partial charge on any atom is -0.494 e. The van der Waals surface area contributed by atoms with Gasteiger partial charge in [0.2, 0.25) is 10.1 Å². The summed E-state index contributed by atoms with van der Waals surface area (Å²) in [5.74, 6) is 0.748. The summed E-state index contributed by atoms with van der Waals surface area (Å²) in [6.45, 7) is 2.72. The van der Waals surface area contributed by atoms with Crippen LogP contribution in [0.4, 0.5) is 10.8 Å². The number of methoxy groups -OCH3 is 1. The highest BCUT2D eigenvalue weighted by Crippen LogP contribution is 2.35. The van der Waals surface area contributed by atoms with Gasteiger partial charge in [0.1, 0.15) is 24.1 Å². The molecule has 13 heteroatoms. The number of ether oxygens (including phenoxy) is 3. The monoisotopic (exact) mass is 552 g/mol. The Morgan fingerprint density at radius 2 is 1.84 bits per heavy atom. The molecule has 5 rings (SSSR count). The highest BCUT2D eigenvalue weighted by molar-refractivity contribution is 7.17. The van der Waals surface area contributed by atoms with E-state index in [2.05, 4.69) is 25.5 Å². The molecule has 1 aromatic carbocycles. The van der Waals surface area contributed by atoms with Crippen molar-refractivity contribution in [2.45, 2.75) is 6.92 Å². The number of carbonyl (C=O) groups is 2. The van der Waals surface area contributed by atoms with E-state index in [-0.39, 0.29) is 20.9 Å². The number of rotatable bonds is 6. The molecule has 0 unspecified atom stereocenters. The topological polar surface area (TPSA) is 129 Å². The first kappa shape index (κ1) is 25.4. The van der Waals surface area contributed by atoms with Crippen LogP contribution in [0, 0.1) is 6.92 Å². The van der Waals surface area contributed by atoms with Gasteiger partial charge in [-0.1, -0.05) is 22.9 Å². The molecule has 11 nitrogen and oxygen atoms in total. The number of carbonyl (C=O) groups excluding carboxylic acids is 2. The van der Waals surface area contributed by atoms with E-state index < -0.39 is 11.8 Å². The lowest BCUT2D eigenvalue weighted by atomic mass is 10.0. The van der Waals surface area contributed by atoms with Crippen molar-refractivity contribution >= 4 is 45.6 Å². The second kappa shape index (κ2) is 10.6. The Kier molecular flexibility index (Phi) is 7.07. The lowest BCUT2D eigenvalue weighted by Crippen LogP contribution is -2.26. The third kappa shape index (κ3) is 5.08. The van der Waals surface area contributed by atoms with Crippen molar-refractivity contribution in [2.24, 2.45) is 0 Å². The maximum atomic E-state index is 13.3. The fraction of sp³-hybridized carbons (Fsp3) is 0.200. The summed E-state index contributed by atoms with van der Waals surface area (Å²) in [7, 11) is 3.12. The molecule has 3 aromatic heterocycles. The zero-order valence-corrected chi connectivity index (χ0v) is 22.1. The molecular weight excluding hydrogens is 532 g/mol. The van der Waals surface area contributed by atoms with Crippen LogP contribution in [0.1, 0.15) is 25.9 Å². The highest BCUT2D eigenvalue weighted by Gasteiger charge is 2.23. The quantitative estimate of drug-likeness (QED) is 0.349. The van der Waals surface area contributed by atoms with Crippen LogP contribution in [-0.2, 0) is 0 Å². The number of fused-ring (bicyclic) bond motifs is 1. The molecule has 0 saturated carbocycles. The van der Waals surface area contributed by atoms with E-state index in [4.69, 9.17) is 25.8 Å². The number of hydrogen-bond donors (Lipinski definition) is 1. The van der Waals surface area contributed by atoms with E-state index in [1.807, 2.05) is 0 Å². The number of aromatic nitrogens is 4. The van der Waals surface area contributed by atoms with Gasteiger partial charge in [-0.3, -0.25) is 19.9 Å². The Bertz CT molecular complexity index is 1540. The van der Waals surface area contributed by atoms with Gasteiger partial charge in [0.25, 0.3) is 11.8 Å². The molecule has 4 heterocycles. The molecule has 4 aromatic rings. The van der Waals surface area contributed by atoms with Gasteiger partial charge >= 0.3 is 0 Å². The van der Waals surface area contributed by atoms with Crippen molar-refractivity contribution in [1.82, 2.24) is 20.2 Å². The third-order valence-corrected chi connectivity index (χ3v) is 6.71. The first-order chi connectivity index (χ1) is 18.3. The maximum absolute atomic E-state index is 13.3. The number of hydrogen-bond acceptors (Lipinski definition) is 10. The largest absolute Gasteiger partial charge is 0.494 e. The molecule has 1 N–H and O–H groups in total. The zero-order valence-electron chi connectivity index (χ0n) is 20.5. The first-order valence-electron chi connectivity index (χ1n) is 11.3. The average Bonchev–Trinajstić information content (AvgIpc) is 3.40. The molecule has 1 aliphatic rings. The second-order valence-corrected chi connectivity index (χ2v) is 9.50. The van der Waals surface area contributed by atoms with Crippen LogP contribution >= 0.6 is 22.9 Å². The van der Waals surface area contributed by atoms with Crippen LogP contribution in [0.15, 0.2) is 42.7 Å². The van der Waals surface area contributed by atoms with Crippen molar-refractivity contribution in [1.29, 1.82) is 0 Å². The zero-order chi connectivity index (χ0) is 26.8. The lowest BCUT2D eigenvalue weighted by Gasteiger charge is -2.21. The molecule has 194 valence electrons. The van der Waals surface area contributed by atoms with Crippen molar-refractivity contribution in [3.8, 4) is 28.4 Å². The van der Waals surface area contributed by atoms with Gasteiger partial charge < -0.3 is 19.1 Å². The normalized spacial score (nSPS) is 12.1. The van der Waals surface area contributed by atoms with Crippen molar-refractivity contribution in [2.75, 3.05) is 37.6 Å². The van der Waals surface area contributed by atoms with E-state index in [1.54, 1.807) is 44.3 Å². The first-order valence-corrected chi connectivity index (χ1v) is 12.5. The number of halogens is 1. The molecule has 1 aliphatic heterocycles. The van der Waals surface area contributed by atoms with Crippen LogP contribution in [0.5, 0.6) is 17.2 Å². The molecule has 0 atom stereocenters. The second-order valence-electron chi connectivity index (χ2n) is 8.14. The minimum atomic E-state index is -0.488. The molecule has 0 aliphatic carbocycles. The summed E-state index contributed by atoms with van der Waals surface area (Å²) in [5, 5.41) is 11.2. The summed E-state index contributed by atoms with van der Waals surface area (Å²) in [6.07, 6.45) is 2.94. The average molecular weight is 553 g/mol. The van der Waals surface area contributed by atoms with Gasteiger partial charge in [-0.25, -0.2) is 4.98 Å². The Morgan fingerprint density at radius 1 is 1.05 bits per heavy atom. The molecule has 0 radical (unpaired) electrons. The van der Waals surface area contributed by atoms with Gasteiger partial charge in [-0.2, -0.15) is 0 Å². The number of amides is 2. The fourth-order valence-corrected chi connectivity index (χ4v) is 4.65. The summed E-state index contributed by atoms with van der Waals surface area (Å²) in [5.41, 5.74) is 2.68. The third-order valence-electron chi connectivity index (χ3n) is 5.68. The molecule has 0 bridgehead atoms. The van der Waals surface area contributed by atoms with Gasteiger partial charge in [0, 0.05) is 41.8 Å². The summed E-state index contributed by atoms with van der Waals surface area (Å²) in [6, 6.07) is 8.59. The Labute approximate surface area is 226 Å². The SMILES string of the molecule is COc1cnc(Cl)cc1-c1cc(C)ncc1C(=O)Nc1nnc(C(=O)N(C)c2ccc3c(c2)OCCO3)s1. The van der Waals surface area contributed by atoms with E-state index in [0.717, 1.165) is 11.3 Å². The number of nitrogens with one attached hydrogen (secondary N) is 1. The summed E-state index contributed by atoms with van der Waals surface area (Å²) >= 11 is 7.07. The maximum Gasteiger partial charge on any atom is 0.289 e. The standard InChI is InChI=1S/C25H21ClN6O5S/c1-13-8-15(16-10-21(26)28-12-20(16)35-3)17(11-27-13)22(33)29-25-31-30-23(38-25)24(34)32(2)14-4-5-18-19(9-14)37-7-6-36-18/h4-5,8-12H,6-7H2,1-3H3,(H,29,31,33). The Hall–Kier alpha value is -4.29. The molecule has 0 spiro atoms. The summed E-state index contributed by atoms with van der Waals surface area (Å²) < 4.78 is 16.5. The van der Waals surface area contributed by atoms with E-state index in [0.29, 0.717) is 53.0 Å². The Morgan fingerprint density at radius 3 is 2.63 bits per heavy atom. The number of pyridine rings is 2. The fourth-order valence-electron chi connectivity index (χ4n) is 3.78. The van der Waals surface area contributed by atoms with Crippen molar-refractivity contribution < 1.29 is 23.8 Å². The number of nitrogens with zero attached hydrogens (tertiary/aromatic N) is 5. The van der Waals surface area contributed by atoms with Gasteiger partial charge in [0.15, 0.2) is 11.5 Å². The predicted octanol–water partition coefficient (Wildman–Crippen LogP) is 4.27. The van der Waals surface area contributed by atoms with Gasteiger partial charge in [0.05, 0.1) is 18.9 Å². The summed E-state index contributed by atoms with van der Waals surface area (Å²) in [4.78, 5) is 36.0. The lowest BCUT2D eigenvalue weighted by molar-refractivity contribution is 0.0990. The smallest absolute Gasteiger partial charge is 0.289 e. The number of aryl methyl sites for hydroxylation is 1. The van der Waals surface area contributed by atoms with Crippen LogP contribution in [0.3, 0.4) is 0 Å². The molecule has 38 heavy (non-hydrogen) atoms. The van der Waals surface area contributed by atoms with Crippen LogP contribution in [-0.4, -0.2) is 59.4 Å².